The van der Waals surface area contributed by atoms with Crippen LogP contribution >= 0.6 is 0 Å². The van der Waals surface area contributed by atoms with Crippen LogP contribution in [-0.4, -0.2) is 35.8 Å². The molecule has 0 fully saturated rings. The molecular formula is C21H29NO6S. The molecule has 2 aromatic carbocycles. The SMILES string of the molecule is CS(=O)(=O)O.Cc1ccc(C(=O)Oc2c(CO)cccc2CNC(C)(C)C)cc1. The summed E-state index contributed by atoms with van der Waals surface area (Å²) in [6, 6.07) is 12.7. The molecule has 0 unspecified atom stereocenters. The number of aliphatic hydroxyl groups is 1. The molecule has 160 valence electrons. The molecule has 0 atom stereocenters. The third-order valence-electron chi connectivity index (χ3n) is 3.64. The number of aliphatic hydroxyl groups excluding tert-OH is 1. The zero-order valence-electron chi connectivity index (χ0n) is 17.4. The van der Waals surface area contributed by atoms with Crippen molar-refractivity contribution in [3.05, 3.63) is 64.7 Å². The molecule has 0 aromatic heterocycles. The molecule has 2 rings (SSSR count). The van der Waals surface area contributed by atoms with Crippen LogP contribution in [-0.2, 0) is 23.3 Å². The molecule has 0 aliphatic heterocycles. The van der Waals surface area contributed by atoms with E-state index in [1.807, 2.05) is 31.2 Å². The van der Waals surface area contributed by atoms with Gasteiger partial charge in [-0.3, -0.25) is 4.55 Å². The third kappa shape index (κ3) is 10.2. The number of rotatable bonds is 5. The smallest absolute Gasteiger partial charge is 0.343 e. The molecular weight excluding hydrogens is 394 g/mol. The molecule has 0 bridgehead atoms. The Kier molecular flexibility index (Phi) is 8.97. The predicted molar refractivity (Wildman–Crippen MR) is 113 cm³/mol. The second kappa shape index (κ2) is 10.5. The molecule has 29 heavy (non-hydrogen) atoms. The van der Waals surface area contributed by atoms with Crippen molar-refractivity contribution < 1.29 is 27.6 Å². The molecule has 8 heteroatoms. The van der Waals surface area contributed by atoms with Crippen LogP contribution < -0.4 is 10.1 Å². The second-order valence-corrected chi connectivity index (χ2v) is 9.12. The number of hydrogen-bond donors (Lipinski definition) is 3. The van der Waals surface area contributed by atoms with E-state index < -0.39 is 16.1 Å². The maximum absolute atomic E-state index is 12.4. The van der Waals surface area contributed by atoms with E-state index in [9.17, 15) is 18.3 Å². The summed E-state index contributed by atoms with van der Waals surface area (Å²) in [6.07, 6.45) is 0.715. The van der Waals surface area contributed by atoms with Gasteiger partial charge in [-0.2, -0.15) is 8.42 Å². The van der Waals surface area contributed by atoms with E-state index in [-0.39, 0.29) is 12.1 Å². The van der Waals surface area contributed by atoms with Crippen LogP contribution in [0.5, 0.6) is 5.75 Å². The highest BCUT2D eigenvalue weighted by molar-refractivity contribution is 7.85. The minimum absolute atomic E-state index is 0.0620. The molecule has 0 amide bonds. The summed E-state index contributed by atoms with van der Waals surface area (Å²) in [7, 11) is -3.67. The van der Waals surface area contributed by atoms with Crippen molar-refractivity contribution in [2.24, 2.45) is 0 Å². The van der Waals surface area contributed by atoms with Crippen molar-refractivity contribution in [3.63, 3.8) is 0 Å². The zero-order chi connectivity index (χ0) is 22.2. The lowest BCUT2D eigenvalue weighted by atomic mass is 10.1. The standard InChI is InChI=1S/C20H25NO3.CH4O3S/c1-14-8-10-15(11-9-14)19(23)24-18-16(12-21-20(2,3)4)6-5-7-17(18)13-22;1-5(2,3)4/h5-11,21-22H,12-13H2,1-4H3;1H3,(H,2,3,4). The fourth-order valence-corrected chi connectivity index (χ4v) is 2.23. The van der Waals surface area contributed by atoms with Gasteiger partial charge in [0.15, 0.2) is 0 Å². The summed E-state index contributed by atoms with van der Waals surface area (Å²) >= 11 is 0. The number of esters is 1. The number of carbonyl (C=O) groups excluding carboxylic acids is 1. The number of para-hydroxylation sites is 1. The Bertz CT molecular complexity index is 907. The minimum Gasteiger partial charge on any atom is -0.422 e. The maximum atomic E-state index is 12.4. The van der Waals surface area contributed by atoms with Crippen molar-refractivity contribution in [1.29, 1.82) is 0 Å². The summed E-state index contributed by atoms with van der Waals surface area (Å²) < 4.78 is 31.5. The summed E-state index contributed by atoms with van der Waals surface area (Å²) in [5.74, 6) is 0.00948. The van der Waals surface area contributed by atoms with Gasteiger partial charge in [0.05, 0.1) is 18.4 Å². The van der Waals surface area contributed by atoms with Gasteiger partial charge in [-0.15, -0.1) is 0 Å². The number of ether oxygens (including phenoxy) is 1. The molecule has 0 spiro atoms. The lowest BCUT2D eigenvalue weighted by Crippen LogP contribution is -2.35. The Morgan fingerprint density at radius 1 is 1.07 bits per heavy atom. The first-order valence-corrected chi connectivity index (χ1v) is 10.8. The van der Waals surface area contributed by atoms with Gasteiger partial charge >= 0.3 is 5.97 Å². The van der Waals surface area contributed by atoms with Crippen molar-refractivity contribution in [2.75, 3.05) is 6.26 Å². The Morgan fingerprint density at radius 2 is 1.59 bits per heavy atom. The van der Waals surface area contributed by atoms with Gasteiger partial charge < -0.3 is 15.2 Å². The van der Waals surface area contributed by atoms with E-state index >= 15 is 0 Å². The van der Waals surface area contributed by atoms with E-state index in [1.54, 1.807) is 18.2 Å². The number of nitrogens with one attached hydrogen (secondary N) is 1. The Balaban J connectivity index is 0.000000749. The van der Waals surface area contributed by atoms with E-state index in [2.05, 4.69) is 26.1 Å². The largest absolute Gasteiger partial charge is 0.422 e. The van der Waals surface area contributed by atoms with Crippen LogP contribution in [0, 0.1) is 6.92 Å². The Labute approximate surface area is 172 Å². The fourth-order valence-electron chi connectivity index (χ4n) is 2.23. The van der Waals surface area contributed by atoms with Crippen molar-refractivity contribution in [1.82, 2.24) is 5.32 Å². The molecule has 2 aromatic rings. The Morgan fingerprint density at radius 3 is 2.07 bits per heavy atom. The van der Waals surface area contributed by atoms with Crippen molar-refractivity contribution in [3.8, 4) is 5.75 Å². The summed E-state index contributed by atoms with van der Waals surface area (Å²) in [5.41, 5.74) is 2.95. The molecule has 3 N–H and O–H groups in total. The molecule has 0 aliphatic carbocycles. The summed E-state index contributed by atoms with van der Waals surface area (Å²) in [6.45, 7) is 8.54. The summed E-state index contributed by atoms with van der Waals surface area (Å²) in [4.78, 5) is 12.4. The van der Waals surface area contributed by atoms with Gasteiger partial charge in [-0.25, -0.2) is 4.79 Å². The molecule has 7 nitrogen and oxygen atoms in total. The highest BCUT2D eigenvalue weighted by atomic mass is 32.2. The van der Waals surface area contributed by atoms with Crippen LogP contribution in [0.2, 0.25) is 0 Å². The molecule has 0 heterocycles. The first-order valence-electron chi connectivity index (χ1n) is 8.98. The molecule has 0 saturated carbocycles. The first kappa shape index (κ1) is 24.8. The van der Waals surface area contributed by atoms with Gasteiger partial charge in [0.2, 0.25) is 0 Å². The average Bonchev–Trinajstić information content (AvgIpc) is 2.59. The van der Waals surface area contributed by atoms with E-state index in [4.69, 9.17) is 9.29 Å². The second-order valence-electron chi connectivity index (χ2n) is 7.66. The van der Waals surface area contributed by atoms with Gasteiger partial charge in [0.1, 0.15) is 5.75 Å². The first-order chi connectivity index (χ1) is 13.3. The van der Waals surface area contributed by atoms with Crippen LogP contribution in [0.15, 0.2) is 42.5 Å². The van der Waals surface area contributed by atoms with Gasteiger partial charge in [-0.1, -0.05) is 35.9 Å². The van der Waals surface area contributed by atoms with Crippen LogP contribution in [0.3, 0.4) is 0 Å². The lowest BCUT2D eigenvalue weighted by Gasteiger charge is -2.22. The zero-order valence-corrected chi connectivity index (χ0v) is 18.2. The van der Waals surface area contributed by atoms with Gasteiger partial charge in [0.25, 0.3) is 10.1 Å². The van der Waals surface area contributed by atoms with Gasteiger partial charge in [0, 0.05) is 23.2 Å². The summed E-state index contributed by atoms with van der Waals surface area (Å²) in [5, 5.41) is 13.0. The molecule has 0 radical (unpaired) electrons. The predicted octanol–water partition coefficient (Wildman–Crippen LogP) is 3.10. The fraction of sp³-hybridized carbons (Fsp3) is 0.381. The number of hydrogen-bond acceptors (Lipinski definition) is 6. The topological polar surface area (TPSA) is 113 Å². The van der Waals surface area contributed by atoms with E-state index in [1.165, 1.54) is 0 Å². The highest BCUT2D eigenvalue weighted by Gasteiger charge is 2.17. The molecule has 0 aliphatic rings. The monoisotopic (exact) mass is 423 g/mol. The minimum atomic E-state index is -3.67. The van der Waals surface area contributed by atoms with E-state index in [0.29, 0.717) is 29.7 Å². The van der Waals surface area contributed by atoms with Crippen molar-refractivity contribution >= 4 is 16.1 Å². The van der Waals surface area contributed by atoms with Crippen molar-refractivity contribution in [2.45, 2.75) is 46.4 Å². The maximum Gasteiger partial charge on any atom is 0.343 e. The van der Waals surface area contributed by atoms with Gasteiger partial charge in [-0.05, 0) is 39.8 Å². The van der Waals surface area contributed by atoms with Crippen LogP contribution in [0.4, 0.5) is 0 Å². The van der Waals surface area contributed by atoms with Crippen LogP contribution in [0.1, 0.15) is 47.8 Å². The van der Waals surface area contributed by atoms with E-state index in [0.717, 1.165) is 11.1 Å². The lowest BCUT2D eigenvalue weighted by molar-refractivity contribution is 0.0729. The Hall–Kier alpha value is -2.26. The average molecular weight is 424 g/mol. The molecule has 0 saturated heterocycles. The normalized spacial score (nSPS) is 11.4. The highest BCUT2D eigenvalue weighted by Crippen LogP contribution is 2.26. The number of aryl methyl sites for hydroxylation is 1. The van der Waals surface area contributed by atoms with Crippen LogP contribution in [0.25, 0.3) is 0 Å². The quantitative estimate of drug-likeness (QED) is 0.385. The third-order valence-corrected chi connectivity index (χ3v) is 3.64. The number of benzene rings is 2. The number of carbonyl (C=O) groups is 1.